The molecule has 0 aliphatic heterocycles. The van der Waals surface area contributed by atoms with Crippen molar-refractivity contribution in [2.24, 2.45) is 0 Å². The van der Waals surface area contributed by atoms with E-state index in [1.54, 1.807) is 0 Å². The molecule has 0 aliphatic carbocycles. The number of amides is 1. The fourth-order valence-corrected chi connectivity index (χ4v) is 1.90. The van der Waals surface area contributed by atoms with Gasteiger partial charge in [0.15, 0.2) is 0 Å². The first kappa shape index (κ1) is 14.3. The zero-order valence-electron chi connectivity index (χ0n) is 9.31. The molecule has 0 aliphatic rings. The highest BCUT2D eigenvalue weighted by Crippen LogP contribution is 2.09. The second-order valence-corrected chi connectivity index (χ2v) is 4.71. The molecule has 17 heavy (non-hydrogen) atoms. The minimum absolute atomic E-state index is 0.237. The zero-order chi connectivity index (χ0) is 12.7. The van der Waals surface area contributed by atoms with Gasteiger partial charge in [-0.2, -0.15) is 0 Å². The lowest BCUT2D eigenvalue weighted by molar-refractivity contribution is 0.0948. The highest BCUT2D eigenvalue weighted by Gasteiger charge is 2.11. The molecule has 94 valence electrons. The minimum atomic E-state index is -0.698. The third-order valence-corrected chi connectivity index (χ3v) is 3.03. The number of carbonyl (C=O) groups excluding carboxylic acids is 1. The molecule has 0 bridgehead atoms. The van der Waals surface area contributed by atoms with Gasteiger partial charge < -0.3 is 5.32 Å². The lowest BCUT2D eigenvalue weighted by Crippen LogP contribution is -2.25. The van der Waals surface area contributed by atoms with Crippen molar-refractivity contribution in [3.05, 3.63) is 35.4 Å². The standard InChI is InChI=1S/C12H14F2INO/c13-9-4-5-11(14)10(8-9)12(17)16-7-3-1-2-6-15/h4-5,8H,1-3,6-7H2,(H,16,17). The van der Waals surface area contributed by atoms with Crippen molar-refractivity contribution in [1.29, 1.82) is 0 Å². The van der Waals surface area contributed by atoms with Gasteiger partial charge >= 0.3 is 0 Å². The summed E-state index contributed by atoms with van der Waals surface area (Å²) in [4.78, 5) is 11.5. The third-order valence-electron chi connectivity index (χ3n) is 2.27. The summed E-state index contributed by atoms with van der Waals surface area (Å²) in [6, 6.07) is 2.86. The molecule has 1 aromatic rings. The molecule has 1 rings (SSSR count). The van der Waals surface area contributed by atoms with Crippen LogP contribution in [0.4, 0.5) is 8.78 Å². The smallest absolute Gasteiger partial charge is 0.254 e. The number of benzene rings is 1. The van der Waals surface area contributed by atoms with Gasteiger partial charge in [0, 0.05) is 6.54 Å². The van der Waals surface area contributed by atoms with Crippen LogP contribution in [0.25, 0.3) is 0 Å². The molecule has 5 heteroatoms. The molecule has 1 N–H and O–H groups in total. The minimum Gasteiger partial charge on any atom is -0.352 e. The number of rotatable bonds is 6. The van der Waals surface area contributed by atoms with E-state index in [9.17, 15) is 13.6 Å². The van der Waals surface area contributed by atoms with Crippen molar-refractivity contribution in [2.75, 3.05) is 11.0 Å². The van der Waals surface area contributed by atoms with Crippen molar-refractivity contribution >= 4 is 28.5 Å². The summed E-state index contributed by atoms with van der Waals surface area (Å²) < 4.78 is 27.2. The molecule has 0 heterocycles. The van der Waals surface area contributed by atoms with Crippen LogP contribution in [0.15, 0.2) is 18.2 Å². The Bertz CT molecular complexity index is 385. The monoisotopic (exact) mass is 353 g/mol. The summed E-state index contributed by atoms with van der Waals surface area (Å²) in [5.74, 6) is -1.87. The molecule has 0 radical (unpaired) electrons. The van der Waals surface area contributed by atoms with E-state index in [1.807, 2.05) is 0 Å². The molecule has 0 unspecified atom stereocenters. The van der Waals surface area contributed by atoms with Crippen LogP contribution in [-0.2, 0) is 0 Å². The molecule has 0 saturated heterocycles. The Labute approximate surface area is 113 Å². The molecule has 0 saturated carbocycles. The average molecular weight is 353 g/mol. The molecule has 1 amide bonds. The van der Waals surface area contributed by atoms with E-state index in [-0.39, 0.29) is 5.56 Å². The number of nitrogens with one attached hydrogen (secondary N) is 1. The van der Waals surface area contributed by atoms with E-state index in [1.165, 1.54) is 0 Å². The summed E-state index contributed by atoms with van der Waals surface area (Å²) in [6.45, 7) is 0.491. The Balaban J connectivity index is 2.44. The van der Waals surface area contributed by atoms with Crippen molar-refractivity contribution in [3.63, 3.8) is 0 Å². The van der Waals surface area contributed by atoms with E-state index >= 15 is 0 Å². The fraction of sp³-hybridized carbons (Fsp3) is 0.417. The number of hydrogen-bond acceptors (Lipinski definition) is 1. The second kappa shape index (κ2) is 7.58. The number of halogens is 3. The van der Waals surface area contributed by atoms with Crippen LogP contribution >= 0.6 is 22.6 Å². The molecular weight excluding hydrogens is 339 g/mol. The molecule has 0 aromatic heterocycles. The van der Waals surface area contributed by atoms with Crippen LogP contribution in [-0.4, -0.2) is 16.9 Å². The summed E-state index contributed by atoms with van der Waals surface area (Å²) in [5.41, 5.74) is -0.237. The van der Waals surface area contributed by atoms with E-state index < -0.39 is 17.5 Å². The van der Waals surface area contributed by atoms with E-state index in [0.717, 1.165) is 41.9 Å². The third kappa shape index (κ3) is 4.97. The number of alkyl halides is 1. The normalized spacial score (nSPS) is 10.3. The molecule has 2 nitrogen and oxygen atoms in total. The maximum Gasteiger partial charge on any atom is 0.254 e. The van der Waals surface area contributed by atoms with Gasteiger partial charge in [0.2, 0.25) is 0 Å². The topological polar surface area (TPSA) is 29.1 Å². The Morgan fingerprint density at radius 1 is 1.24 bits per heavy atom. The Kier molecular flexibility index (Phi) is 6.39. The second-order valence-electron chi connectivity index (χ2n) is 3.63. The largest absolute Gasteiger partial charge is 0.352 e. The van der Waals surface area contributed by atoms with Gasteiger partial charge in [-0.15, -0.1) is 0 Å². The molecule has 0 fully saturated rings. The SMILES string of the molecule is O=C(NCCCCCI)c1cc(F)ccc1F. The zero-order valence-corrected chi connectivity index (χ0v) is 11.5. The van der Waals surface area contributed by atoms with Crippen molar-refractivity contribution < 1.29 is 13.6 Å². The fourth-order valence-electron chi connectivity index (χ4n) is 1.36. The first-order valence-electron chi connectivity index (χ1n) is 5.44. The van der Waals surface area contributed by atoms with Crippen LogP contribution in [0.5, 0.6) is 0 Å². The first-order chi connectivity index (χ1) is 8.15. The Morgan fingerprint density at radius 3 is 2.71 bits per heavy atom. The molecule has 0 spiro atoms. The summed E-state index contributed by atoms with van der Waals surface area (Å²) in [7, 11) is 0. The van der Waals surface area contributed by atoms with Crippen molar-refractivity contribution in [1.82, 2.24) is 5.32 Å². The van der Waals surface area contributed by atoms with E-state index in [0.29, 0.717) is 6.54 Å². The van der Waals surface area contributed by atoms with Gasteiger partial charge in [0.25, 0.3) is 5.91 Å². The maximum atomic E-state index is 13.2. The van der Waals surface area contributed by atoms with Gasteiger partial charge in [0.1, 0.15) is 11.6 Å². The maximum absolute atomic E-state index is 13.2. The number of carbonyl (C=O) groups is 1. The van der Waals surface area contributed by atoms with Gasteiger partial charge in [-0.05, 0) is 35.5 Å². The summed E-state index contributed by atoms with van der Waals surface area (Å²) in [5, 5.41) is 2.58. The lowest BCUT2D eigenvalue weighted by Gasteiger charge is -2.05. The molecule has 1 aromatic carbocycles. The Morgan fingerprint density at radius 2 is 2.00 bits per heavy atom. The van der Waals surface area contributed by atoms with Crippen LogP contribution in [0.1, 0.15) is 29.6 Å². The highest BCUT2D eigenvalue weighted by molar-refractivity contribution is 14.1. The van der Waals surface area contributed by atoms with Crippen molar-refractivity contribution in [3.8, 4) is 0 Å². The highest BCUT2D eigenvalue weighted by atomic mass is 127. The number of unbranched alkanes of at least 4 members (excludes halogenated alkanes) is 2. The van der Waals surface area contributed by atoms with Gasteiger partial charge in [0.05, 0.1) is 5.56 Å². The molecular formula is C12H14F2INO. The first-order valence-corrected chi connectivity index (χ1v) is 6.97. The van der Waals surface area contributed by atoms with Crippen LogP contribution in [0.2, 0.25) is 0 Å². The quantitative estimate of drug-likeness (QED) is 0.475. The predicted molar refractivity (Wildman–Crippen MR) is 71.4 cm³/mol. The van der Waals surface area contributed by atoms with Crippen molar-refractivity contribution in [2.45, 2.75) is 19.3 Å². The van der Waals surface area contributed by atoms with Crippen LogP contribution in [0.3, 0.4) is 0 Å². The van der Waals surface area contributed by atoms with Crippen LogP contribution in [0, 0.1) is 11.6 Å². The predicted octanol–water partition coefficient (Wildman–Crippen LogP) is 3.30. The summed E-state index contributed by atoms with van der Waals surface area (Å²) >= 11 is 2.29. The number of hydrogen-bond donors (Lipinski definition) is 1. The van der Waals surface area contributed by atoms with E-state index in [2.05, 4.69) is 27.9 Å². The average Bonchev–Trinajstić information content (AvgIpc) is 2.32. The van der Waals surface area contributed by atoms with Gasteiger partial charge in [-0.3, -0.25) is 4.79 Å². The molecule has 0 atom stereocenters. The lowest BCUT2D eigenvalue weighted by atomic mass is 10.2. The van der Waals surface area contributed by atoms with Crippen LogP contribution < -0.4 is 5.32 Å². The summed E-state index contributed by atoms with van der Waals surface area (Å²) in [6.07, 6.45) is 2.98. The van der Waals surface area contributed by atoms with Gasteiger partial charge in [-0.1, -0.05) is 29.0 Å². The Hall–Kier alpha value is -0.720. The van der Waals surface area contributed by atoms with E-state index in [4.69, 9.17) is 0 Å². The van der Waals surface area contributed by atoms with Gasteiger partial charge in [-0.25, -0.2) is 8.78 Å².